The molecule has 0 unspecified atom stereocenters. The van der Waals surface area contributed by atoms with E-state index >= 15 is 0 Å². The van der Waals surface area contributed by atoms with Crippen molar-refractivity contribution in [1.29, 1.82) is 0 Å². The van der Waals surface area contributed by atoms with Gasteiger partial charge in [0, 0.05) is 5.56 Å². The summed E-state index contributed by atoms with van der Waals surface area (Å²) < 4.78 is 6.58. The number of carboxylic acid groups (broad SMARTS) is 1. The quantitative estimate of drug-likeness (QED) is 0.755. The molecule has 0 atom stereocenters. The molecule has 0 aliphatic rings. The van der Waals surface area contributed by atoms with Gasteiger partial charge in [-0.2, -0.15) is 0 Å². The summed E-state index contributed by atoms with van der Waals surface area (Å²) in [5.41, 5.74) is 6.57. The zero-order chi connectivity index (χ0) is 12.3. The van der Waals surface area contributed by atoms with Crippen LogP contribution in [0.5, 0.6) is 0 Å². The molecule has 7 nitrogen and oxygen atoms in total. The lowest BCUT2D eigenvalue weighted by Gasteiger charge is -2.04. The van der Waals surface area contributed by atoms with E-state index in [9.17, 15) is 4.79 Å². The lowest BCUT2D eigenvalue weighted by molar-refractivity contribution is -0.133. The summed E-state index contributed by atoms with van der Waals surface area (Å²) in [5.74, 6) is -0.741. The summed E-state index contributed by atoms with van der Waals surface area (Å²) in [5, 5.41) is 16.6. The molecule has 0 spiro atoms. The largest absolute Gasteiger partial charge is 0.481 e. The average Bonchev–Trinajstić information content (AvgIpc) is 2.89. The molecule has 0 radical (unpaired) electrons. The number of carboxylic acids is 1. The molecule has 0 amide bonds. The van der Waals surface area contributed by atoms with Crippen LogP contribution in [0.15, 0.2) is 28.2 Å². The fourth-order valence-corrected chi connectivity index (χ4v) is 1.91. The summed E-state index contributed by atoms with van der Waals surface area (Å²) in [6.45, 7) is 0.456. The van der Waals surface area contributed by atoms with E-state index in [2.05, 4.69) is 10.2 Å². The average molecular weight is 254 g/mol. The van der Waals surface area contributed by atoms with Crippen LogP contribution in [0, 0.1) is 0 Å². The van der Waals surface area contributed by atoms with Crippen LogP contribution in [-0.4, -0.2) is 31.6 Å². The highest BCUT2D eigenvalue weighted by atomic mass is 32.2. The molecule has 0 bridgehead atoms. The third-order valence-electron chi connectivity index (χ3n) is 1.99. The van der Waals surface area contributed by atoms with Gasteiger partial charge in [-0.15, -0.1) is 10.2 Å². The molecular formula is C9H10N4O3S. The van der Waals surface area contributed by atoms with Crippen molar-refractivity contribution in [3.63, 3.8) is 0 Å². The van der Waals surface area contributed by atoms with Crippen LogP contribution in [-0.2, 0) is 11.3 Å². The van der Waals surface area contributed by atoms with Crippen molar-refractivity contribution in [2.24, 2.45) is 0 Å². The van der Waals surface area contributed by atoms with Crippen LogP contribution in [0.3, 0.4) is 0 Å². The number of aliphatic carboxylic acids is 1. The molecule has 2 aromatic rings. The molecule has 0 aromatic carbocycles. The Morgan fingerprint density at radius 1 is 1.59 bits per heavy atom. The van der Waals surface area contributed by atoms with Crippen LogP contribution < -0.4 is 5.73 Å². The smallest absolute Gasteiger partial charge is 0.313 e. The molecule has 3 N–H and O–H groups in total. The minimum Gasteiger partial charge on any atom is -0.481 e. The number of carbonyl (C=O) groups is 1. The molecule has 17 heavy (non-hydrogen) atoms. The summed E-state index contributed by atoms with van der Waals surface area (Å²) in [6.07, 6.45) is 3.14. The van der Waals surface area contributed by atoms with Crippen LogP contribution in [0.2, 0.25) is 0 Å². The second-order valence-electron chi connectivity index (χ2n) is 3.24. The zero-order valence-corrected chi connectivity index (χ0v) is 9.55. The minimum absolute atomic E-state index is 0.0798. The first-order valence-corrected chi connectivity index (χ1v) is 5.69. The van der Waals surface area contributed by atoms with Crippen molar-refractivity contribution >= 4 is 23.7 Å². The number of thioether (sulfide) groups is 1. The van der Waals surface area contributed by atoms with Crippen molar-refractivity contribution in [2.45, 2.75) is 11.7 Å². The van der Waals surface area contributed by atoms with Crippen molar-refractivity contribution in [1.82, 2.24) is 14.8 Å². The number of nitrogens with two attached hydrogens (primary N) is 1. The summed E-state index contributed by atoms with van der Waals surface area (Å²) in [7, 11) is 0. The van der Waals surface area contributed by atoms with Crippen molar-refractivity contribution in [3.8, 4) is 0 Å². The van der Waals surface area contributed by atoms with E-state index < -0.39 is 5.97 Å². The molecule has 0 aliphatic carbocycles. The number of anilines is 1. The second kappa shape index (κ2) is 4.91. The van der Waals surface area contributed by atoms with E-state index in [1.165, 1.54) is 0 Å². The predicted octanol–water partition coefficient (Wildman–Crippen LogP) is 0.678. The van der Waals surface area contributed by atoms with E-state index in [-0.39, 0.29) is 11.7 Å². The Morgan fingerprint density at radius 2 is 2.41 bits per heavy atom. The highest BCUT2D eigenvalue weighted by Gasteiger charge is 2.12. The zero-order valence-electron chi connectivity index (χ0n) is 8.74. The van der Waals surface area contributed by atoms with Gasteiger partial charge < -0.3 is 15.3 Å². The van der Waals surface area contributed by atoms with Crippen LogP contribution in [0.1, 0.15) is 5.56 Å². The van der Waals surface area contributed by atoms with Gasteiger partial charge in [-0.25, -0.2) is 0 Å². The Balaban J connectivity index is 2.14. The van der Waals surface area contributed by atoms with Gasteiger partial charge in [0.05, 0.1) is 24.8 Å². The van der Waals surface area contributed by atoms with Crippen molar-refractivity contribution < 1.29 is 14.3 Å². The summed E-state index contributed by atoms with van der Waals surface area (Å²) in [4.78, 5) is 10.5. The fraction of sp³-hybridized carbons (Fsp3) is 0.222. The van der Waals surface area contributed by atoms with Gasteiger partial charge >= 0.3 is 5.97 Å². The molecule has 0 aliphatic heterocycles. The minimum atomic E-state index is -0.911. The third kappa shape index (κ3) is 2.78. The molecule has 0 fully saturated rings. The highest BCUT2D eigenvalue weighted by molar-refractivity contribution is 7.99. The SMILES string of the molecule is Nc1nnc(SCC(=O)O)n1Cc1ccoc1. The van der Waals surface area contributed by atoms with Crippen molar-refractivity contribution in [2.75, 3.05) is 11.5 Å². The Hall–Kier alpha value is -1.96. The maximum absolute atomic E-state index is 10.5. The van der Waals surface area contributed by atoms with Gasteiger partial charge in [-0.3, -0.25) is 9.36 Å². The first-order chi connectivity index (χ1) is 8.16. The Kier molecular flexibility index (Phi) is 3.33. The molecule has 2 aromatic heterocycles. The number of aromatic nitrogens is 3. The number of furan rings is 1. The Labute approximate surface area is 101 Å². The topological polar surface area (TPSA) is 107 Å². The first kappa shape index (κ1) is 11.5. The van der Waals surface area contributed by atoms with Gasteiger partial charge in [-0.05, 0) is 6.07 Å². The van der Waals surface area contributed by atoms with Crippen LogP contribution in [0.25, 0.3) is 0 Å². The lowest BCUT2D eigenvalue weighted by atomic mass is 10.3. The number of rotatable bonds is 5. The highest BCUT2D eigenvalue weighted by Crippen LogP contribution is 2.19. The summed E-state index contributed by atoms with van der Waals surface area (Å²) >= 11 is 1.08. The lowest BCUT2D eigenvalue weighted by Crippen LogP contribution is -2.07. The fourth-order valence-electron chi connectivity index (χ4n) is 1.25. The molecule has 0 saturated carbocycles. The number of nitrogen functional groups attached to an aromatic ring is 1. The first-order valence-electron chi connectivity index (χ1n) is 4.71. The molecule has 0 saturated heterocycles. The van der Waals surface area contributed by atoms with E-state index in [1.54, 1.807) is 23.2 Å². The maximum Gasteiger partial charge on any atom is 0.313 e. The predicted molar refractivity (Wildman–Crippen MR) is 60.6 cm³/mol. The molecule has 8 heteroatoms. The third-order valence-corrected chi connectivity index (χ3v) is 2.94. The van der Waals surface area contributed by atoms with Gasteiger partial charge in [0.15, 0.2) is 5.16 Å². The maximum atomic E-state index is 10.5. The van der Waals surface area contributed by atoms with Gasteiger partial charge in [0.25, 0.3) is 0 Å². The number of hydrogen-bond acceptors (Lipinski definition) is 6. The monoisotopic (exact) mass is 254 g/mol. The normalized spacial score (nSPS) is 10.6. The van der Waals surface area contributed by atoms with E-state index in [4.69, 9.17) is 15.3 Å². The van der Waals surface area contributed by atoms with Crippen LogP contribution in [0.4, 0.5) is 5.95 Å². The van der Waals surface area contributed by atoms with Gasteiger partial charge in [0.2, 0.25) is 5.95 Å². The van der Waals surface area contributed by atoms with E-state index in [0.717, 1.165) is 17.3 Å². The summed E-state index contributed by atoms with van der Waals surface area (Å²) in [6, 6.07) is 1.80. The molecule has 2 heterocycles. The second-order valence-corrected chi connectivity index (χ2v) is 4.18. The Bertz CT molecular complexity index is 508. The van der Waals surface area contributed by atoms with Crippen LogP contribution >= 0.6 is 11.8 Å². The standard InChI is InChI=1S/C9H10N4O3S/c10-8-11-12-9(17-5-7(14)15)13(8)3-6-1-2-16-4-6/h1-2,4H,3,5H2,(H2,10,11)(H,14,15). The van der Waals surface area contributed by atoms with Crippen molar-refractivity contribution in [3.05, 3.63) is 24.2 Å². The molecular weight excluding hydrogens is 244 g/mol. The van der Waals surface area contributed by atoms with E-state index in [0.29, 0.717) is 11.7 Å². The molecule has 2 rings (SSSR count). The number of nitrogens with zero attached hydrogens (tertiary/aromatic N) is 3. The molecule has 90 valence electrons. The van der Waals surface area contributed by atoms with E-state index in [1.807, 2.05) is 0 Å². The van der Waals surface area contributed by atoms with Gasteiger partial charge in [-0.1, -0.05) is 11.8 Å². The van der Waals surface area contributed by atoms with Gasteiger partial charge in [0.1, 0.15) is 0 Å². The number of hydrogen-bond donors (Lipinski definition) is 2. The Morgan fingerprint density at radius 3 is 3.06 bits per heavy atom.